The first-order valence-corrected chi connectivity index (χ1v) is 6.06. The molecule has 5 heteroatoms. The molecule has 0 unspecified atom stereocenters. The largest absolute Gasteiger partial charge is 0.508 e. The van der Waals surface area contributed by atoms with Crippen molar-refractivity contribution in [2.45, 2.75) is 6.42 Å². The van der Waals surface area contributed by atoms with Crippen LogP contribution in [0.25, 0.3) is 0 Å². The van der Waals surface area contributed by atoms with Gasteiger partial charge in [0.25, 0.3) is 0 Å². The molecule has 2 rings (SSSR count). The van der Waals surface area contributed by atoms with Gasteiger partial charge in [0.15, 0.2) is 0 Å². The third-order valence-electron chi connectivity index (χ3n) is 2.62. The van der Waals surface area contributed by atoms with Crippen LogP contribution < -0.4 is 11.1 Å². The fraction of sp³-hybridized carbons (Fsp3) is 0.0714. The van der Waals surface area contributed by atoms with Gasteiger partial charge in [0.05, 0.1) is 17.1 Å². The Kier molecular flexibility index (Phi) is 3.92. The second kappa shape index (κ2) is 5.63. The number of nitrogens with two attached hydrogens (primary N) is 1. The van der Waals surface area contributed by atoms with Gasteiger partial charge in [-0.2, -0.15) is 0 Å². The third kappa shape index (κ3) is 3.39. The lowest BCUT2D eigenvalue weighted by Gasteiger charge is -2.08. The van der Waals surface area contributed by atoms with E-state index in [1.807, 2.05) is 0 Å². The molecule has 2 aromatic carbocycles. The van der Waals surface area contributed by atoms with Gasteiger partial charge in [-0.3, -0.25) is 4.79 Å². The summed E-state index contributed by atoms with van der Waals surface area (Å²) >= 11 is 5.80. The Labute approximate surface area is 115 Å². The number of anilines is 2. The lowest BCUT2D eigenvalue weighted by Crippen LogP contribution is -2.14. The fourth-order valence-electron chi connectivity index (χ4n) is 1.66. The summed E-state index contributed by atoms with van der Waals surface area (Å²) in [6.07, 6.45) is 0.0925. The van der Waals surface area contributed by atoms with Gasteiger partial charge in [0.1, 0.15) is 5.75 Å². The minimum atomic E-state index is -0.233. The molecule has 0 atom stereocenters. The Morgan fingerprint density at radius 2 is 2.00 bits per heavy atom. The van der Waals surface area contributed by atoms with Crippen LogP contribution >= 0.6 is 11.6 Å². The highest BCUT2D eigenvalue weighted by molar-refractivity contribution is 6.33. The molecule has 0 heterocycles. The van der Waals surface area contributed by atoms with E-state index in [2.05, 4.69) is 5.32 Å². The van der Waals surface area contributed by atoms with Crippen LogP contribution in [-0.2, 0) is 11.2 Å². The summed E-state index contributed by atoms with van der Waals surface area (Å²) in [5.74, 6) is -0.128. The number of carbonyl (C=O) groups is 1. The van der Waals surface area contributed by atoms with Crippen molar-refractivity contribution in [3.63, 3.8) is 0 Å². The van der Waals surface area contributed by atoms with Gasteiger partial charge in [-0.1, -0.05) is 29.8 Å². The van der Waals surface area contributed by atoms with Crippen LogP contribution in [-0.4, -0.2) is 11.0 Å². The SMILES string of the molecule is Nc1cc(NC(=O)Cc2ccccc2O)ccc1Cl. The highest BCUT2D eigenvalue weighted by Gasteiger charge is 2.08. The summed E-state index contributed by atoms with van der Waals surface area (Å²) in [6, 6.07) is 11.6. The molecule has 4 nitrogen and oxygen atoms in total. The Morgan fingerprint density at radius 3 is 2.68 bits per heavy atom. The van der Waals surface area contributed by atoms with E-state index in [4.69, 9.17) is 17.3 Å². The number of nitrogens with one attached hydrogen (secondary N) is 1. The molecule has 0 spiro atoms. The van der Waals surface area contributed by atoms with Crippen LogP contribution in [0.5, 0.6) is 5.75 Å². The summed E-state index contributed by atoms with van der Waals surface area (Å²) in [5.41, 5.74) is 7.20. The minimum absolute atomic E-state index is 0.0925. The number of aromatic hydroxyl groups is 1. The zero-order chi connectivity index (χ0) is 13.8. The molecule has 98 valence electrons. The lowest BCUT2D eigenvalue weighted by molar-refractivity contribution is -0.115. The zero-order valence-corrected chi connectivity index (χ0v) is 10.8. The van der Waals surface area contributed by atoms with Crippen LogP contribution in [0.2, 0.25) is 5.02 Å². The number of hydrogen-bond acceptors (Lipinski definition) is 3. The number of para-hydroxylation sites is 1. The van der Waals surface area contributed by atoms with Crippen LogP contribution in [0, 0.1) is 0 Å². The fourth-order valence-corrected chi connectivity index (χ4v) is 1.78. The van der Waals surface area contributed by atoms with Crippen molar-refractivity contribution >= 4 is 28.9 Å². The topological polar surface area (TPSA) is 75.3 Å². The zero-order valence-electron chi connectivity index (χ0n) is 10.1. The standard InChI is InChI=1S/C14H13ClN2O2/c15-11-6-5-10(8-12(11)16)17-14(19)7-9-3-1-2-4-13(9)18/h1-6,8,18H,7,16H2,(H,17,19). The van der Waals surface area contributed by atoms with Crippen molar-refractivity contribution in [3.8, 4) is 5.75 Å². The van der Waals surface area contributed by atoms with Crippen molar-refractivity contribution < 1.29 is 9.90 Å². The average molecular weight is 277 g/mol. The maximum Gasteiger partial charge on any atom is 0.228 e. The smallest absolute Gasteiger partial charge is 0.228 e. The number of hydrogen-bond donors (Lipinski definition) is 3. The van der Waals surface area contributed by atoms with Crippen molar-refractivity contribution in [2.75, 3.05) is 11.1 Å². The number of phenolic OH excluding ortho intramolecular Hbond substituents is 1. The quantitative estimate of drug-likeness (QED) is 0.755. The molecule has 0 saturated carbocycles. The molecule has 0 saturated heterocycles. The van der Waals surface area contributed by atoms with Crippen LogP contribution in [0.15, 0.2) is 42.5 Å². The predicted molar refractivity (Wildman–Crippen MR) is 76.3 cm³/mol. The first kappa shape index (κ1) is 13.2. The Hall–Kier alpha value is -2.20. The molecule has 1 amide bonds. The molecule has 19 heavy (non-hydrogen) atoms. The molecule has 0 radical (unpaired) electrons. The molecule has 0 aliphatic carbocycles. The van der Waals surface area contributed by atoms with Crippen molar-refractivity contribution in [3.05, 3.63) is 53.1 Å². The van der Waals surface area contributed by atoms with Crippen molar-refractivity contribution in [2.24, 2.45) is 0 Å². The molecule has 2 aromatic rings. The Morgan fingerprint density at radius 1 is 1.26 bits per heavy atom. The normalized spacial score (nSPS) is 10.2. The number of phenols is 1. The second-order valence-electron chi connectivity index (χ2n) is 4.09. The van der Waals surface area contributed by atoms with Gasteiger partial charge < -0.3 is 16.2 Å². The molecule has 4 N–H and O–H groups in total. The highest BCUT2D eigenvalue weighted by Crippen LogP contribution is 2.23. The average Bonchev–Trinajstić information content (AvgIpc) is 2.37. The Balaban J connectivity index is 2.05. The molecule has 0 aromatic heterocycles. The van der Waals surface area contributed by atoms with Gasteiger partial charge >= 0.3 is 0 Å². The summed E-state index contributed by atoms with van der Waals surface area (Å²) in [6.45, 7) is 0. The molecular formula is C14H13ClN2O2. The van der Waals surface area contributed by atoms with E-state index in [1.165, 1.54) is 0 Å². The highest BCUT2D eigenvalue weighted by atomic mass is 35.5. The summed E-state index contributed by atoms with van der Waals surface area (Å²) in [5, 5.41) is 12.7. The maximum atomic E-state index is 11.8. The molecule has 0 aliphatic rings. The van der Waals surface area contributed by atoms with E-state index in [-0.39, 0.29) is 18.1 Å². The van der Waals surface area contributed by atoms with Crippen LogP contribution in [0.3, 0.4) is 0 Å². The van der Waals surface area contributed by atoms with E-state index in [9.17, 15) is 9.90 Å². The Bertz CT molecular complexity index is 614. The van der Waals surface area contributed by atoms with E-state index in [0.29, 0.717) is 22.0 Å². The minimum Gasteiger partial charge on any atom is -0.508 e. The van der Waals surface area contributed by atoms with E-state index in [0.717, 1.165) is 0 Å². The number of halogens is 1. The van der Waals surface area contributed by atoms with Gasteiger partial charge in [-0.05, 0) is 24.3 Å². The van der Waals surface area contributed by atoms with Gasteiger partial charge in [-0.15, -0.1) is 0 Å². The molecule has 0 aliphatic heterocycles. The maximum absolute atomic E-state index is 11.8. The summed E-state index contributed by atoms with van der Waals surface area (Å²) < 4.78 is 0. The third-order valence-corrected chi connectivity index (χ3v) is 2.97. The molecule has 0 fully saturated rings. The van der Waals surface area contributed by atoms with E-state index < -0.39 is 0 Å². The summed E-state index contributed by atoms with van der Waals surface area (Å²) in [4.78, 5) is 11.8. The van der Waals surface area contributed by atoms with Gasteiger partial charge in [0.2, 0.25) is 5.91 Å². The lowest BCUT2D eigenvalue weighted by atomic mass is 10.1. The number of rotatable bonds is 3. The molecular weight excluding hydrogens is 264 g/mol. The predicted octanol–water partition coefficient (Wildman–Crippen LogP) is 2.81. The van der Waals surface area contributed by atoms with Crippen molar-refractivity contribution in [1.29, 1.82) is 0 Å². The van der Waals surface area contributed by atoms with Gasteiger partial charge in [-0.25, -0.2) is 0 Å². The second-order valence-corrected chi connectivity index (χ2v) is 4.50. The first-order valence-electron chi connectivity index (χ1n) is 5.68. The van der Waals surface area contributed by atoms with Crippen LogP contribution in [0.1, 0.15) is 5.56 Å². The first-order chi connectivity index (χ1) is 9.06. The number of amides is 1. The van der Waals surface area contributed by atoms with E-state index in [1.54, 1.807) is 42.5 Å². The van der Waals surface area contributed by atoms with Crippen LogP contribution in [0.4, 0.5) is 11.4 Å². The van der Waals surface area contributed by atoms with Crippen molar-refractivity contribution in [1.82, 2.24) is 0 Å². The number of carbonyl (C=O) groups excluding carboxylic acids is 1. The monoisotopic (exact) mass is 276 g/mol. The van der Waals surface area contributed by atoms with E-state index >= 15 is 0 Å². The summed E-state index contributed by atoms with van der Waals surface area (Å²) in [7, 11) is 0. The molecule has 0 bridgehead atoms. The van der Waals surface area contributed by atoms with Gasteiger partial charge in [0, 0.05) is 11.3 Å². The number of benzene rings is 2. The number of nitrogen functional groups attached to an aromatic ring is 1.